The van der Waals surface area contributed by atoms with Gasteiger partial charge in [0.15, 0.2) is 0 Å². The van der Waals surface area contributed by atoms with E-state index in [4.69, 9.17) is 14.2 Å². The molecule has 2 atom stereocenters. The normalized spacial score (nSPS) is 24.2. The van der Waals surface area contributed by atoms with Crippen LogP contribution in [0.5, 0.6) is 5.75 Å². The second-order valence-corrected chi connectivity index (χ2v) is 6.29. The summed E-state index contributed by atoms with van der Waals surface area (Å²) >= 11 is 0. The molecule has 0 amide bonds. The molecule has 1 aromatic rings. The average Bonchev–Trinajstić information content (AvgIpc) is 3.06. The van der Waals surface area contributed by atoms with E-state index in [0.29, 0.717) is 24.2 Å². The summed E-state index contributed by atoms with van der Waals surface area (Å²) in [5.41, 5.74) is 2.13. The Morgan fingerprint density at radius 1 is 1.43 bits per heavy atom. The van der Waals surface area contributed by atoms with Crippen LogP contribution in [-0.4, -0.2) is 35.9 Å². The summed E-state index contributed by atoms with van der Waals surface area (Å²) in [6.45, 7) is 3.86. The van der Waals surface area contributed by atoms with Crippen LogP contribution in [0.2, 0.25) is 0 Å². The summed E-state index contributed by atoms with van der Waals surface area (Å²) in [5, 5.41) is 10.6. The summed E-state index contributed by atoms with van der Waals surface area (Å²) in [6.07, 6.45) is 0.231. The Kier molecular flexibility index (Phi) is 3.80. The number of hydrogen-bond acceptors (Lipinski definition) is 6. The summed E-state index contributed by atoms with van der Waals surface area (Å²) in [6, 6.07) is 1.66. The summed E-state index contributed by atoms with van der Waals surface area (Å²) in [5.74, 6) is -0.111. The van der Waals surface area contributed by atoms with Crippen LogP contribution in [0.1, 0.15) is 46.8 Å². The van der Waals surface area contributed by atoms with Crippen molar-refractivity contribution < 1.29 is 28.9 Å². The van der Waals surface area contributed by atoms with Gasteiger partial charge in [0, 0.05) is 24.0 Å². The Bertz CT molecular complexity index is 680. The smallest absolute Gasteiger partial charge is 0.339 e. The molecular weight excluding hydrogens is 300 g/mol. The number of carbonyl (C=O) groups excluding carboxylic acids is 2. The summed E-state index contributed by atoms with van der Waals surface area (Å²) in [4.78, 5) is 23.1. The fraction of sp³-hybridized carbons (Fsp3) is 0.529. The molecule has 2 aliphatic rings. The lowest BCUT2D eigenvalue weighted by Crippen LogP contribution is -2.40. The van der Waals surface area contributed by atoms with Crippen LogP contribution in [0.4, 0.5) is 0 Å². The molecule has 1 saturated heterocycles. The van der Waals surface area contributed by atoms with Crippen molar-refractivity contribution in [1.82, 2.24) is 0 Å². The Morgan fingerprint density at radius 2 is 2.17 bits per heavy atom. The van der Waals surface area contributed by atoms with E-state index in [1.54, 1.807) is 13.0 Å². The molecule has 3 rings (SSSR count). The number of carbonyl (C=O) groups is 2. The van der Waals surface area contributed by atoms with Crippen LogP contribution < -0.4 is 4.74 Å². The van der Waals surface area contributed by atoms with E-state index < -0.39 is 11.7 Å². The lowest BCUT2D eigenvalue weighted by atomic mass is 9.87. The largest absolute Gasteiger partial charge is 0.496 e. The number of rotatable bonds is 4. The molecule has 0 unspecified atom stereocenters. The highest BCUT2D eigenvalue weighted by molar-refractivity contribution is 5.94. The van der Waals surface area contributed by atoms with Gasteiger partial charge in [0.1, 0.15) is 18.0 Å². The van der Waals surface area contributed by atoms with Crippen LogP contribution in [0.3, 0.4) is 0 Å². The number of benzene rings is 1. The molecular formula is C17H20O6. The maximum absolute atomic E-state index is 11.7. The molecule has 1 aromatic carbocycles. The standard InChI is InChI=1S/C17H20O6/c1-9-10(7-14(18)17(2)5-4-15(19)23-17)13(21-3)6-11-12(9)8-22-16(11)20/h6,14,18H,4-5,7-8H2,1-3H3/t14-,17-/m0/s1. The first kappa shape index (κ1) is 15.8. The number of ether oxygens (including phenoxy) is 3. The van der Waals surface area contributed by atoms with Crippen LogP contribution >= 0.6 is 0 Å². The Morgan fingerprint density at radius 3 is 2.78 bits per heavy atom. The molecule has 2 aliphatic heterocycles. The highest BCUT2D eigenvalue weighted by Crippen LogP contribution is 2.37. The Labute approximate surface area is 134 Å². The Balaban J connectivity index is 1.94. The second-order valence-electron chi connectivity index (χ2n) is 6.29. The molecule has 0 aliphatic carbocycles. The van der Waals surface area contributed by atoms with Crippen molar-refractivity contribution in [1.29, 1.82) is 0 Å². The van der Waals surface area contributed by atoms with Gasteiger partial charge < -0.3 is 19.3 Å². The molecule has 0 aromatic heterocycles. The van der Waals surface area contributed by atoms with E-state index in [2.05, 4.69) is 0 Å². The summed E-state index contributed by atoms with van der Waals surface area (Å²) in [7, 11) is 1.52. The fourth-order valence-electron chi connectivity index (χ4n) is 3.25. The van der Waals surface area contributed by atoms with Gasteiger partial charge in [-0.25, -0.2) is 4.79 Å². The van der Waals surface area contributed by atoms with Crippen molar-refractivity contribution in [3.63, 3.8) is 0 Å². The van der Waals surface area contributed by atoms with Gasteiger partial charge in [-0.15, -0.1) is 0 Å². The molecule has 2 heterocycles. The van der Waals surface area contributed by atoms with E-state index in [1.165, 1.54) is 7.11 Å². The molecule has 124 valence electrons. The van der Waals surface area contributed by atoms with E-state index in [-0.39, 0.29) is 25.0 Å². The first-order chi connectivity index (χ1) is 10.9. The minimum absolute atomic E-state index is 0.235. The number of hydrogen-bond donors (Lipinski definition) is 1. The van der Waals surface area contributed by atoms with Crippen LogP contribution in [0.25, 0.3) is 0 Å². The topological polar surface area (TPSA) is 82.1 Å². The number of fused-ring (bicyclic) bond motifs is 1. The van der Waals surface area contributed by atoms with Crippen molar-refractivity contribution in [2.45, 2.75) is 51.4 Å². The number of esters is 2. The number of aliphatic hydroxyl groups excluding tert-OH is 1. The molecule has 6 heteroatoms. The summed E-state index contributed by atoms with van der Waals surface area (Å²) < 4.78 is 15.8. The van der Waals surface area contributed by atoms with E-state index in [0.717, 1.165) is 16.7 Å². The zero-order valence-electron chi connectivity index (χ0n) is 13.5. The minimum atomic E-state index is -0.889. The third-order valence-corrected chi connectivity index (χ3v) is 4.87. The van der Waals surface area contributed by atoms with Gasteiger partial charge in [-0.2, -0.15) is 0 Å². The molecule has 0 spiro atoms. The van der Waals surface area contributed by atoms with E-state index in [1.807, 2.05) is 6.92 Å². The average molecular weight is 320 g/mol. The first-order valence-electron chi connectivity index (χ1n) is 7.62. The quantitative estimate of drug-likeness (QED) is 0.850. The van der Waals surface area contributed by atoms with Crippen molar-refractivity contribution in [3.05, 3.63) is 28.3 Å². The maximum Gasteiger partial charge on any atom is 0.339 e. The van der Waals surface area contributed by atoms with Gasteiger partial charge >= 0.3 is 11.9 Å². The molecule has 1 fully saturated rings. The minimum Gasteiger partial charge on any atom is -0.496 e. The van der Waals surface area contributed by atoms with Gasteiger partial charge in [-0.05, 0) is 31.9 Å². The van der Waals surface area contributed by atoms with Crippen molar-refractivity contribution in [2.24, 2.45) is 0 Å². The second kappa shape index (κ2) is 5.53. The van der Waals surface area contributed by atoms with Crippen LogP contribution in [-0.2, 0) is 27.3 Å². The highest BCUT2D eigenvalue weighted by atomic mass is 16.6. The zero-order chi connectivity index (χ0) is 16.8. The number of aliphatic hydroxyl groups is 1. The van der Waals surface area contributed by atoms with Gasteiger partial charge in [0.05, 0.1) is 18.8 Å². The maximum atomic E-state index is 11.7. The van der Waals surface area contributed by atoms with Gasteiger partial charge in [-0.1, -0.05) is 0 Å². The van der Waals surface area contributed by atoms with Crippen molar-refractivity contribution in [2.75, 3.05) is 7.11 Å². The van der Waals surface area contributed by atoms with Crippen molar-refractivity contribution >= 4 is 11.9 Å². The molecule has 0 bridgehead atoms. The van der Waals surface area contributed by atoms with Crippen molar-refractivity contribution in [3.8, 4) is 5.75 Å². The Hall–Kier alpha value is -2.08. The third kappa shape index (κ3) is 2.57. The van der Waals surface area contributed by atoms with Crippen LogP contribution in [0.15, 0.2) is 6.07 Å². The molecule has 0 radical (unpaired) electrons. The lowest BCUT2D eigenvalue weighted by Gasteiger charge is -2.29. The molecule has 1 N–H and O–H groups in total. The van der Waals surface area contributed by atoms with E-state index >= 15 is 0 Å². The third-order valence-electron chi connectivity index (χ3n) is 4.87. The van der Waals surface area contributed by atoms with Gasteiger partial charge in [0.2, 0.25) is 0 Å². The SMILES string of the molecule is COc1cc2c(c(C)c1C[C@H](O)[C@]1(C)CCC(=O)O1)COC2=O. The number of cyclic esters (lactones) is 2. The predicted octanol–water partition coefficient (Wildman–Crippen LogP) is 1.67. The lowest BCUT2D eigenvalue weighted by molar-refractivity contribution is -0.156. The highest BCUT2D eigenvalue weighted by Gasteiger charge is 2.43. The fourth-order valence-corrected chi connectivity index (χ4v) is 3.25. The monoisotopic (exact) mass is 320 g/mol. The van der Waals surface area contributed by atoms with E-state index in [9.17, 15) is 14.7 Å². The first-order valence-corrected chi connectivity index (χ1v) is 7.62. The zero-order valence-corrected chi connectivity index (χ0v) is 13.5. The molecule has 6 nitrogen and oxygen atoms in total. The van der Waals surface area contributed by atoms with Crippen LogP contribution in [0, 0.1) is 6.92 Å². The molecule has 23 heavy (non-hydrogen) atoms. The van der Waals surface area contributed by atoms with Gasteiger partial charge in [-0.3, -0.25) is 4.79 Å². The van der Waals surface area contributed by atoms with Gasteiger partial charge in [0.25, 0.3) is 0 Å². The molecule has 0 saturated carbocycles. The number of methoxy groups -OCH3 is 1. The predicted molar refractivity (Wildman–Crippen MR) is 80.3 cm³/mol.